The van der Waals surface area contributed by atoms with Crippen LogP contribution in [-0.2, 0) is 18.9 Å². The molecule has 0 amide bonds. The maximum atomic E-state index is 11.9. The highest BCUT2D eigenvalue weighted by Gasteiger charge is 2.23. The average molecular weight is 319 g/mol. The van der Waals surface area contributed by atoms with Crippen LogP contribution in [0.4, 0.5) is 0 Å². The van der Waals surface area contributed by atoms with Crippen LogP contribution < -0.4 is 11.2 Å². The van der Waals surface area contributed by atoms with Gasteiger partial charge in [0, 0.05) is 20.3 Å². The van der Waals surface area contributed by atoms with Crippen molar-refractivity contribution in [3.05, 3.63) is 32.6 Å². The molecule has 1 aromatic heterocycles. The lowest BCUT2D eigenvalue weighted by Crippen LogP contribution is -2.40. The summed E-state index contributed by atoms with van der Waals surface area (Å²) in [5, 5.41) is 8.58. The molecular weight excluding hydrogens is 308 g/mol. The number of carboxylic acids is 1. The summed E-state index contributed by atoms with van der Waals surface area (Å²) in [5.41, 5.74) is -1.51. The molecule has 98 valence electrons. The summed E-state index contributed by atoms with van der Waals surface area (Å²) in [7, 11) is 2.65. The lowest BCUT2D eigenvalue weighted by Gasteiger charge is -2.08. The number of Topliss-reactive ketones (excluding diaryl/α,β-unsaturated/α-hetero) is 1. The Morgan fingerprint density at radius 1 is 1.39 bits per heavy atom. The highest BCUT2D eigenvalue weighted by Crippen LogP contribution is 2.10. The van der Waals surface area contributed by atoms with Crippen LogP contribution in [-0.4, -0.2) is 30.8 Å². The Morgan fingerprint density at radius 3 is 2.44 bits per heavy atom. The third kappa shape index (κ3) is 2.76. The average Bonchev–Trinajstić information content (AvgIpc) is 2.29. The predicted molar refractivity (Wildman–Crippen MR) is 66.2 cm³/mol. The van der Waals surface area contributed by atoms with E-state index in [9.17, 15) is 19.2 Å². The second-order valence-corrected chi connectivity index (χ2v) is 4.84. The van der Waals surface area contributed by atoms with E-state index in [0.717, 1.165) is 15.3 Å². The van der Waals surface area contributed by atoms with Crippen LogP contribution in [0.2, 0.25) is 0 Å². The van der Waals surface area contributed by atoms with Crippen LogP contribution in [0.5, 0.6) is 0 Å². The first-order chi connectivity index (χ1) is 8.25. The number of rotatable bonds is 4. The molecule has 1 atom stereocenters. The summed E-state index contributed by atoms with van der Waals surface area (Å²) < 4.78 is 1.89. The van der Waals surface area contributed by atoms with Gasteiger partial charge in [0.2, 0.25) is 0 Å². The number of carboxylic acid groups (broad SMARTS) is 1. The van der Waals surface area contributed by atoms with Crippen molar-refractivity contribution in [1.29, 1.82) is 0 Å². The van der Waals surface area contributed by atoms with Crippen molar-refractivity contribution in [2.45, 2.75) is 11.2 Å². The highest BCUT2D eigenvalue weighted by molar-refractivity contribution is 9.10. The molecule has 1 N–H and O–H groups in total. The third-order valence-corrected chi connectivity index (χ3v) is 3.09. The molecule has 18 heavy (non-hydrogen) atoms. The van der Waals surface area contributed by atoms with Gasteiger partial charge < -0.3 is 9.67 Å². The largest absolute Gasteiger partial charge is 0.481 e. The fourth-order valence-electron chi connectivity index (χ4n) is 1.39. The van der Waals surface area contributed by atoms with Crippen LogP contribution in [0.25, 0.3) is 0 Å². The molecule has 1 aromatic rings. The molecule has 0 aliphatic rings. The van der Waals surface area contributed by atoms with Crippen LogP contribution in [0, 0.1) is 0 Å². The number of ketones is 1. The number of aryl methyl sites for hydroxylation is 1. The van der Waals surface area contributed by atoms with Crippen molar-refractivity contribution in [2.24, 2.45) is 14.1 Å². The maximum Gasteiger partial charge on any atom is 0.330 e. The molecule has 0 fully saturated rings. The summed E-state index contributed by atoms with van der Waals surface area (Å²) in [6.07, 6.45) is 0.675. The minimum atomic E-state index is -1.16. The number of carbonyl (C=O) groups excluding carboxylic acids is 1. The van der Waals surface area contributed by atoms with E-state index in [0.29, 0.717) is 0 Å². The molecule has 7 nitrogen and oxygen atoms in total. The van der Waals surface area contributed by atoms with Gasteiger partial charge in [-0.1, -0.05) is 15.9 Å². The predicted octanol–water partition coefficient (Wildman–Crippen LogP) is -0.495. The van der Waals surface area contributed by atoms with Crippen molar-refractivity contribution in [2.75, 3.05) is 0 Å². The molecule has 1 heterocycles. The Labute approximate surface area is 110 Å². The smallest absolute Gasteiger partial charge is 0.330 e. The summed E-state index contributed by atoms with van der Waals surface area (Å²) in [4.78, 5) is 44.5. The van der Waals surface area contributed by atoms with E-state index in [-0.39, 0.29) is 5.56 Å². The standard InChI is InChI=1S/C10H11BrN2O5/c1-12-4-5(9(17)13(2)10(12)18)8(16)6(11)3-7(14)15/h4,6H,3H2,1-2H3,(H,14,15). The Morgan fingerprint density at radius 2 is 1.94 bits per heavy atom. The molecule has 0 aliphatic carbocycles. The van der Waals surface area contributed by atoms with Gasteiger partial charge in [-0.15, -0.1) is 0 Å². The number of aromatic nitrogens is 2. The Balaban J connectivity index is 3.27. The molecule has 1 rings (SSSR count). The molecular formula is C10H11BrN2O5. The molecule has 1 unspecified atom stereocenters. The van der Waals surface area contributed by atoms with Crippen LogP contribution in [0.1, 0.15) is 16.8 Å². The summed E-state index contributed by atoms with van der Waals surface area (Å²) in [5.74, 6) is -1.82. The number of hydrogen-bond acceptors (Lipinski definition) is 4. The van der Waals surface area contributed by atoms with E-state index in [2.05, 4.69) is 15.9 Å². The zero-order chi connectivity index (χ0) is 14.0. The van der Waals surface area contributed by atoms with Crippen molar-refractivity contribution in [3.63, 3.8) is 0 Å². The molecule has 0 radical (unpaired) electrons. The van der Waals surface area contributed by atoms with Crippen molar-refractivity contribution in [1.82, 2.24) is 9.13 Å². The van der Waals surface area contributed by atoms with Crippen molar-refractivity contribution >= 4 is 27.7 Å². The third-order valence-electron chi connectivity index (χ3n) is 2.35. The van der Waals surface area contributed by atoms with Crippen molar-refractivity contribution < 1.29 is 14.7 Å². The van der Waals surface area contributed by atoms with Gasteiger partial charge in [-0.2, -0.15) is 0 Å². The normalized spacial score (nSPS) is 12.2. The van der Waals surface area contributed by atoms with Crippen LogP contribution in [0.15, 0.2) is 15.8 Å². The fraction of sp³-hybridized carbons (Fsp3) is 0.400. The van der Waals surface area contributed by atoms with Crippen LogP contribution in [0.3, 0.4) is 0 Å². The second kappa shape index (κ2) is 5.30. The monoisotopic (exact) mass is 318 g/mol. The number of carbonyl (C=O) groups is 2. The van der Waals surface area contributed by atoms with Gasteiger partial charge in [0.25, 0.3) is 5.56 Å². The van der Waals surface area contributed by atoms with E-state index in [1.54, 1.807) is 0 Å². The number of alkyl halides is 1. The Kier molecular flexibility index (Phi) is 4.23. The quantitative estimate of drug-likeness (QED) is 0.596. The molecule has 0 aromatic carbocycles. The van der Waals surface area contributed by atoms with Gasteiger partial charge in [0.1, 0.15) is 5.56 Å². The molecule has 8 heteroatoms. The van der Waals surface area contributed by atoms with Crippen LogP contribution >= 0.6 is 15.9 Å². The summed E-state index contributed by atoms with van der Waals surface area (Å²) in [6, 6.07) is 0. The summed E-state index contributed by atoms with van der Waals surface area (Å²) in [6.45, 7) is 0. The minimum Gasteiger partial charge on any atom is -0.481 e. The lowest BCUT2D eigenvalue weighted by molar-refractivity contribution is -0.136. The summed E-state index contributed by atoms with van der Waals surface area (Å²) >= 11 is 2.92. The Hall–Kier alpha value is -1.70. The van der Waals surface area contributed by atoms with Gasteiger partial charge in [0.05, 0.1) is 11.2 Å². The minimum absolute atomic E-state index is 0.220. The fourth-order valence-corrected chi connectivity index (χ4v) is 1.92. The topological polar surface area (TPSA) is 98.4 Å². The second-order valence-electron chi connectivity index (χ2n) is 3.73. The Bertz CT molecular complexity index is 616. The maximum absolute atomic E-state index is 11.9. The molecule has 0 spiro atoms. The van der Waals surface area contributed by atoms with E-state index in [1.165, 1.54) is 14.1 Å². The number of nitrogens with zero attached hydrogens (tertiary/aromatic N) is 2. The first kappa shape index (κ1) is 14.4. The molecule has 0 bridgehead atoms. The van der Waals surface area contributed by atoms with E-state index in [4.69, 9.17) is 5.11 Å². The zero-order valence-corrected chi connectivity index (χ0v) is 11.3. The molecule has 0 saturated carbocycles. The van der Waals surface area contributed by atoms with E-state index >= 15 is 0 Å². The first-order valence-corrected chi connectivity index (χ1v) is 5.84. The molecule has 0 aliphatic heterocycles. The highest BCUT2D eigenvalue weighted by atomic mass is 79.9. The van der Waals surface area contributed by atoms with Crippen molar-refractivity contribution in [3.8, 4) is 0 Å². The van der Waals surface area contributed by atoms with E-state index < -0.39 is 34.2 Å². The van der Waals surface area contributed by atoms with Gasteiger partial charge in [-0.05, 0) is 0 Å². The zero-order valence-electron chi connectivity index (χ0n) is 9.71. The van der Waals surface area contributed by atoms with Gasteiger partial charge in [-0.25, -0.2) is 4.79 Å². The molecule has 0 saturated heterocycles. The van der Waals surface area contributed by atoms with E-state index in [1.807, 2.05) is 0 Å². The van der Waals surface area contributed by atoms with Gasteiger partial charge in [0.15, 0.2) is 5.78 Å². The number of aliphatic carboxylic acids is 1. The number of hydrogen-bond donors (Lipinski definition) is 1. The SMILES string of the molecule is Cn1cc(C(=O)C(Br)CC(=O)O)c(=O)n(C)c1=O. The lowest BCUT2D eigenvalue weighted by atomic mass is 10.1. The van der Waals surface area contributed by atoms with Gasteiger partial charge in [-0.3, -0.25) is 19.0 Å². The van der Waals surface area contributed by atoms with Gasteiger partial charge >= 0.3 is 11.7 Å². The first-order valence-electron chi connectivity index (χ1n) is 4.92. The number of halogens is 1.